The number of ether oxygens (including phenoxy) is 1. The first-order chi connectivity index (χ1) is 12.9. The molecule has 0 saturated heterocycles. The van der Waals surface area contributed by atoms with Gasteiger partial charge in [-0.3, -0.25) is 14.4 Å². The van der Waals surface area contributed by atoms with Crippen molar-refractivity contribution in [3.8, 4) is 11.5 Å². The topological polar surface area (TPSA) is 89.8 Å². The summed E-state index contributed by atoms with van der Waals surface area (Å²) in [6.07, 6.45) is 0. The minimum absolute atomic E-state index is 0.0276. The summed E-state index contributed by atoms with van der Waals surface area (Å²) in [6, 6.07) is 20.6. The summed E-state index contributed by atoms with van der Waals surface area (Å²) in [5, 5.41) is 10.7. The number of para-hydroxylation sites is 1. The summed E-state index contributed by atoms with van der Waals surface area (Å²) in [7, 11) is -2.42. The van der Waals surface area contributed by atoms with E-state index in [1.165, 1.54) is 19.2 Å². The average molecular weight is 384 g/mol. The van der Waals surface area contributed by atoms with Crippen molar-refractivity contribution >= 4 is 21.4 Å². The van der Waals surface area contributed by atoms with Crippen LogP contribution in [0.2, 0.25) is 0 Å². The largest absolute Gasteiger partial charge is 0.457 e. The fourth-order valence-corrected chi connectivity index (χ4v) is 3.58. The predicted octanol–water partition coefficient (Wildman–Crippen LogP) is 4.21. The summed E-state index contributed by atoms with van der Waals surface area (Å²) in [5.41, 5.74) is 0.271. The molecule has 0 heterocycles. The molecule has 8 heteroatoms. The lowest BCUT2D eigenvalue weighted by molar-refractivity contribution is -0.384. The molecule has 0 atom stereocenters. The molecule has 3 aromatic rings. The Balaban J connectivity index is 1.79. The Morgan fingerprint density at radius 3 is 1.96 bits per heavy atom. The molecule has 138 valence electrons. The van der Waals surface area contributed by atoms with Crippen molar-refractivity contribution in [1.82, 2.24) is 0 Å². The first-order valence-electron chi connectivity index (χ1n) is 7.94. The monoisotopic (exact) mass is 384 g/mol. The number of nitrogens with zero attached hydrogens (tertiary/aromatic N) is 2. The summed E-state index contributed by atoms with van der Waals surface area (Å²) in [4.78, 5) is 10.1. The lowest BCUT2D eigenvalue weighted by Crippen LogP contribution is -2.26. The molecule has 0 spiro atoms. The SMILES string of the molecule is CN(c1ccc(Oc2ccccc2)cc1)S(=O)(=O)c1ccc([N+](=O)[O-])cc1. The van der Waals surface area contributed by atoms with Crippen LogP contribution in [0.5, 0.6) is 11.5 Å². The van der Waals surface area contributed by atoms with E-state index in [2.05, 4.69) is 0 Å². The molecule has 3 aromatic carbocycles. The number of sulfonamides is 1. The number of hydrogen-bond donors (Lipinski definition) is 0. The van der Waals surface area contributed by atoms with Crippen molar-refractivity contribution in [1.29, 1.82) is 0 Å². The van der Waals surface area contributed by atoms with E-state index < -0.39 is 14.9 Å². The Bertz CT molecular complexity index is 1030. The zero-order chi connectivity index (χ0) is 19.4. The molecule has 27 heavy (non-hydrogen) atoms. The third-order valence-corrected chi connectivity index (χ3v) is 5.68. The number of nitro benzene ring substituents is 1. The lowest BCUT2D eigenvalue weighted by Gasteiger charge is -2.19. The molecule has 0 aliphatic heterocycles. The molecule has 0 aromatic heterocycles. The van der Waals surface area contributed by atoms with Gasteiger partial charge in [-0.15, -0.1) is 0 Å². The van der Waals surface area contributed by atoms with Crippen LogP contribution < -0.4 is 9.04 Å². The molecule has 0 unspecified atom stereocenters. The highest BCUT2D eigenvalue weighted by Gasteiger charge is 2.22. The molecule has 0 aliphatic rings. The fraction of sp³-hybridized carbons (Fsp3) is 0.0526. The number of benzene rings is 3. The van der Waals surface area contributed by atoms with Crippen molar-refractivity contribution in [2.45, 2.75) is 4.90 Å². The van der Waals surface area contributed by atoms with Gasteiger partial charge in [0.05, 0.1) is 15.5 Å². The number of anilines is 1. The lowest BCUT2D eigenvalue weighted by atomic mass is 10.3. The third-order valence-electron chi connectivity index (χ3n) is 3.89. The molecular weight excluding hydrogens is 368 g/mol. The quantitative estimate of drug-likeness (QED) is 0.469. The Hall–Kier alpha value is -3.39. The standard InChI is InChI=1S/C19H16N2O5S/c1-20(27(24,25)19-13-9-16(10-14-19)21(22)23)15-7-11-18(12-8-15)26-17-5-3-2-4-6-17/h2-14H,1H3. The van der Waals surface area contributed by atoms with Crippen LogP contribution in [0.3, 0.4) is 0 Å². The minimum Gasteiger partial charge on any atom is -0.457 e. The van der Waals surface area contributed by atoms with Crippen molar-refractivity contribution in [2.24, 2.45) is 0 Å². The molecule has 0 fully saturated rings. The Morgan fingerprint density at radius 1 is 0.852 bits per heavy atom. The summed E-state index contributed by atoms with van der Waals surface area (Å²) in [5.74, 6) is 1.25. The molecule has 0 N–H and O–H groups in total. The van der Waals surface area contributed by atoms with E-state index in [1.807, 2.05) is 30.3 Å². The Kier molecular flexibility index (Phi) is 5.09. The molecule has 3 rings (SSSR count). The molecular formula is C19H16N2O5S. The molecule has 0 radical (unpaired) electrons. The van der Waals surface area contributed by atoms with Gasteiger partial charge in [-0.25, -0.2) is 8.42 Å². The van der Waals surface area contributed by atoms with Gasteiger partial charge in [-0.1, -0.05) is 18.2 Å². The maximum atomic E-state index is 12.7. The van der Waals surface area contributed by atoms with Gasteiger partial charge in [0.15, 0.2) is 0 Å². The van der Waals surface area contributed by atoms with E-state index in [0.29, 0.717) is 17.2 Å². The van der Waals surface area contributed by atoms with Crippen LogP contribution in [0.1, 0.15) is 0 Å². The van der Waals surface area contributed by atoms with E-state index >= 15 is 0 Å². The Morgan fingerprint density at radius 2 is 1.41 bits per heavy atom. The smallest absolute Gasteiger partial charge is 0.269 e. The average Bonchev–Trinajstić information content (AvgIpc) is 2.69. The maximum Gasteiger partial charge on any atom is 0.269 e. The van der Waals surface area contributed by atoms with Crippen LogP contribution in [0.25, 0.3) is 0 Å². The molecule has 0 aliphatic carbocycles. The molecule has 7 nitrogen and oxygen atoms in total. The summed E-state index contributed by atoms with van der Waals surface area (Å²) >= 11 is 0. The van der Waals surface area contributed by atoms with Crippen molar-refractivity contribution in [3.05, 3.63) is 89.0 Å². The van der Waals surface area contributed by atoms with Gasteiger partial charge in [0.1, 0.15) is 11.5 Å². The van der Waals surface area contributed by atoms with Crippen LogP contribution in [-0.4, -0.2) is 20.4 Å². The van der Waals surface area contributed by atoms with Crippen molar-refractivity contribution in [3.63, 3.8) is 0 Å². The highest BCUT2D eigenvalue weighted by molar-refractivity contribution is 7.92. The predicted molar refractivity (Wildman–Crippen MR) is 102 cm³/mol. The molecule has 0 bridgehead atoms. The van der Waals surface area contributed by atoms with Gasteiger partial charge in [-0.2, -0.15) is 0 Å². The highest BCUT2D eigenvalue weighted by atomic mass is 32.2. The zero-order valence-electron chi connectivity index (χ0n) is 14.3. The zero-order valence-corrected chi connectivity index (χ0v) is 15.2. The van der Waals surface area contributed by atoms with Crippen LogP contribution in [-0.2, 0) is 10.0 Å². The van der Waals surface area contributed by atoms with Gasteiger partial charge in [0, 0.05) is 19.2 Å². The van der Waals surface area contributed by atoms with Gasteiger partial charge in [0.25, 0.3) is 15.7 Å². The number of hydrogen-bond acceptors (Lipinski definition) is 5. The normalized spacial score (nSPS) is 11.0. The summed E-state index contributed by atoms with van der Waals surface area (Å²) in [6.45, 7) is 0. The van der Waals surface area contributed by atoms with Crippen molar-refractivity contribution < 1.29 is 18.1 Å². The van der Waals surface area contributed by atoms with E-state index in [4.69, 9.17) is 4.74 Å². The van der Waals surface area contributed by atoms with Crippen LogP contribution in [0.15, 0.2) is 83.8 Å². The van der Waals surface area contributed by atoms with Crippen LogP contribution in [0.4, 0.5) is 11.4 Å². The first kappa shape index (κ1) is 18.4. The first-order valence-corrected chi connectivity index (χ1v) is 9.38. The van der Waals surface area contributed by atoms with Gasteiger partial charge >= 0.3 is 0 Å². The maximum absolute atomic E-state index is 12.7. The molecule has 0 saturated carbocycles. The van der Waals surface area contributed by atoms with E-state index in [-0.39, 0.29) is 10.6 Å². The Labute approximate surface area is 156 Å². The van der Waals surface area contributed by atoms with E-state index in [9.17, 15) is 18.5 Å². The second-order valence-corrected chi connectivity index (χ2v) is 7.60. The fourth-order valence-electron chi connectivity index (χ4n) is 2.39. The summed E-state index contributed by atoms with van der Waals surface area (Å²) < 4.78 is 32.2. The number of non-ortho nitro benzene ring substituents is 1. The third kappa shape index (κ3) is 4.06. The number of nitro groups is 1. The van der Waals surface area contributed by atoms with E-state index in [0.717, 1.165) is 16.4 Å². The van der Waals surface area contributed by atoms with Gasteiger partial charge in [0.2, 0.25) is 0 Å². The van der Waals surface area contributed by atoms with Crippen LogP contribution in [0, 0.1) is 10.1 Å². The second-order valence-electron chi connectivity index (χ2n) is 5.63. The van der Waals surface area contributed by atoms with E-state index in [1.54, 1.807) is 24.3 Å². The second kappa shape index (κ2) is 7.46. The molecule has 0 amide bonds. The highest BCUT2D eigenvalue weighted by Crippen LogP contribution is 2.27. The van der Waals surface area contributed by atoms with Gasteiger partial charge < -0.3 is 4.74 Å². The van der Waals surface area contributed by atoms with Gasteiger partial charge in [-0.05, 0) is 48.5 Å². The van der Waals surface area contributed by atoms with Crippen LogP contribution >= 0.6 is 0 Å². The number of rotatable bonds is 6. The minimum atomic E-state index is -3.84. The van der Waals surface area contributed by atoms with Crippen molar-refractivity contribution in [2.75, 3.05) is 11.4 Å².